The number of nitrogens with one attached hydrogen (secondary N) is 1. The van der Waals surface area contributed by atoms with E-state index in [0.29, 0.717) is 24.4 Å². The smallest absolute Gasteiger partial charge is 0.323 e. The van der Waals surface area contributed by atoms with Crippen molar-refractivity contribution in [3.8, 4) is 5.75 Å². The van der Waals surface area contributed by atoms with Gasteiger partial charge in [0.05, 0.1) is 5.69 Å². The van der Waals surface area contributed by atoms with E-state index in [-0.39, 0.29) is 6.61 Å². The van der Waals surface area contributed by atoms with Crippen LogP contribution >= 0.6 is 0 Å². The number of ether oxygens (including phenoxy) is 1. The molecule has 0 bridgehead atoms. The quantitative estimate of drug-likeness (QED) is 0.325. The van der Waals surface area contributed by atoms with Gasteiger partial charge in [-0.05, 0) is 31.5 Å². The molecule has 1 amide bonds. The Bertz CT molecular complexity index is 742. The van der Waals surface area contributed by atoms with Crippen molar-refractivity contribution in [2.45, 2.75) is 63.5 Å². The molecule has 0 saturated heterocycles. The van der Waals surface area contributed by atoms with Crippen LogP contribution in [0, 0.1) is 0 Å². The van der Waals surface area contributed by atoms with Crippen molar-refractivity contribution < 1.29 is 29.3 Å². The fourth-order valence-electron chi connectivity index (χ4n) is 3.67. The highest BCUT2D eigenvalue weighted by molar-refractivity contribution is 6.02. The Balaban J connectivity index is 1.94. The highest BCUT2D eigenvalue weighted by Crippen LogP contribution is 2.31. The molecule has 0 fully saturated rings. The molecule has 172 valence electrons. The minimum atomic E-state index is -1.16. The van der Waals surface area contributed by atoms with Gasteiger partial charge in [-0.15, -0.1) is 0 Å². The van der Waals surface area contributed by atoms with Crippen LogP contribution in [0.3, 0.4) is 0 Å². The molecule has 1 aromatic rings. The summed E-state index contributed by atoms with van der Waals surface area (Å²) in [6.07, 6.45) is 7.44. The van der Waals surface area contributed by atoms with E-state index in [1.807, 2.05) is 0 Å². The summed E-state index contributed by atoms with van der Waals surface area (Å²) >= 11 is 0. The van der Waals surface area contributed by atoms with Crippen molar-refractivity contribution in [3.05, 3.63) is 24.3 Å². The molecule has 1 aromatic carbocycles. The first-order chi connectivity index (χ1) is 14.9. The van der Waals surface area contributed by atoms with Crippen LogP contribution in [0.1, 0.15) is 51.4 Å². The molecule has 1 aliphatic heterocycles. The van der Waals surface area contributed by atoms with E-state index in [4.69, 9.17) is 10.5 Å². The fraction of sp³-hybridized carbons (Fsp3) is 0.591. The fourth-order valence-corrected chi connectivity index (χ4v) is 3.67. The van der Waals surface area contributed by atoms with E-state index in [1.165, 1.54) is 0 Å². The number of carboxylic acid groups (broad SMARTS) is 2. The molecule has 1 unspecified atom stereocenters. The van der Waals surface area contributed by atoms with Gasteiger partial charge in [0.1, 0.15) is 31.0 Å². The number of benzene rings is 1. The summed E-state index contributed by atoms with van der Waals surface area (Å²) in [6, 6.07) is 4.81. The minimum absolute atomic E-state index is 0.0725. The minimum Gasteiger partial charge on any atom is -0.489 e. The predicted octanol–water partition coefficient (Wildman–Crippen LogP) is 1.99. The van der Waals surface area contributed by atoms with E-state index >= 15 is 0 Å². The molecular weight excluding hydrogens is 402 g/mol. The maximum absolute atomic E-state index is 13.0. The van der Waals surface area contributed by atoms with Crippen LogP contribution in [0.4, 0.5) is 5.69 Å². The first kappa shape index (κ1) is 24.6. The normalized spacial score (nSPS) is 16.9. The Kier molecular flexibility index (Phi) is 10.3. The van der Waals surface area contributed by atoms with Crippen molar-refractivity contribution in [2.24, 2.45) is 5.73 Å². The Hall–Kier alpha value is -2.65. The summed E-state index contributed by atoms with van der Waals surface area (Å²) in [5, 5.41) is 21.7. The molecule has 1 heterocycles. The molecule has 0 spiro atoms. The molecule has 0 radical (unpaired) electrons. The van der Waals surface area contributed by atoms with Crippen LogP contribution in [0.25, 0.3) is 0 Å². The van der Waals surface area contributed by atoms with Gasteiger partial charge in [0.25, 0.3) is 0 Å². The number of anilines is 1. The zero-order valence-corrected chi connectivity index (χ0v) is 17.8. The molecule has 2 rings (SSSR count). The highest BCUT2D eigenvalue weighted by Gasteiger charge is 2.35. The monoisotopic (exact) mass is 435 g/mol. The Morgan fingerprint density at radius 3 is 2.39 bits per heavy atom. The van der Waals surface area contributed by atoms with Crippen molar-refractivity contribution in [2.75, 3.05) is 24.6 Å². The molecule has 1 aliphatic rings. The maximum Gasteiger partial charge on any atom is 0.323 e. The third-order valence-electron chi connectivity index (χ3n) is 5.32. The standard InChI is InChI=1S/C22H33N3O6/c23-13-9-5-3-1-2-4-6-10-16(22(29)30)24-17-15-31-19-12-8-7-11-18(19)25(21(17)28)14-20(26)27/h7-8,11-12,16-17,24H,1-6,9-10,13-15,23H2,(H,26,27)(H,29,30)/t16?,17-/m0/s1. The molecule has 5 N–H and O–H groups in total. The predicted molar refractivity (Wildman–Crippen MR) is 116 cm³/mol. The van der Waals surface area contributed by atoms with Gasteiger partial charge >= 0.3 is 11.9 Å². The first-order valence-corrected chi connectivity index (χ1v) is 10.9. The van der Waals surface area contributed by atoms with E-state index in [0.717, 1.165) is 49.8 Å². The van der Waals surface area contributed by atoms with Gasteiger partial charge in [0, 0.05) is 0 Å². The number of nitrogens with two attached hydrogens (primary N) is 1. The third-order valence-corrected chi connectivity index (χ3v) is 5.32. The second kappa shape index (κ2) is 12.9. The number of fused-ring (bicyclic) bond motifs is 1. The number of nitrogens with zero attached hydrogens (tertiary/aromatic N) is 1. The van der Waals surface area contributed by atoms with E-state index in [9.17, 15) is 24.6 Å². The van der Waals surface area contributed by atoms with Gasteiger partial charge in [-0.1, -0.05) is 50.7 Å². The highest BCUT2D eigenvalue weighted by atomic mass is 16.5. The number of hydrogen-bond acceptors (Lipinski definition) is 6. The maximum atomic E-state index is 13.0. The lowest BCUT2D eigenvalue weighted by molar-refractivity contribution is -0.141. The van der Waals surface area contributed by atoms with E-state index < -0.39 is 36.5 Å². The van der Waals surface area contributed by atoms with Crippen LogP contribution in [-0.4, -0.2) is 59.8 Å². The third kappa shape index (κ3) is 7.84. The number of unbranched alkanes of at least 4 members (excludes halogenated alkanes) is 6. The number of rotatable bonds is 14. The van der Waals surface area contributed by atoms with E-state index in [1.54, 1.807) is 24.3 Å². The average Bonchev–Trinajstić information content (AvgIpc) is 2.86. The first-order valence-electron chi connectivity index (χ1n) is 10.9. The van der Waals surface area contributed by atoms with Crippen LogP contribution in [0.2, 0.25) is 0 Å². The zero-order valence-electron chi connectivity index (χ0n) is 17.8. The van der Waals surface area contributed by atoms with Crippen molar-refractivity contribution in [1.29, 1.82) is 0 Å². The Morgan fingerprint density at radius 1 is 1.10 bits per heavy atom. The Morgan fingerprint density at radius 2 is 1.74 bits per heavy atom. The number of para-hydroxylation sites is 2. The van der Waals surface area contributed by atoms with Gasteiger partial charge in [-0.25, -0.2) is 0 Å². The Labute approximate surface area is 182 Å². The lowest BCUT2D eigenvalue weighted by atomic mass is 10.0. The lowest BCUT2D eigenvalue weighted by Crippen LogP contribution is -2.54. The molecule has 9 heteroatoms. The molecule has 0 saturated carbocycles. The van der Waals surface area contributed by atoms with Gasteiger partial charge in [-0.2, -0.15) is 0 Å². The largest absolute Gasteiger partial charge is 0.489 e. The summed E-state index contributed by atoms with van der Waals surface area (Å²) in [5.41, 5.74) is 5.84. The summed E-state index contributed by atoms with van der Waals surface area (Å²) in [6.45, 7) is 0.112. The number of carbonyl (C=O) groups excluding carboxylic acids is 1. The molecule has 0 aliphatic carbocycles. The van der Waals surface area contributed by atoms with Crippen LogP contribution in [0.5, 0.6) is 5.75 Å². The van der Waals surface area contributed by atoms with Crippen molar-refractivity contribution in [1.82, 2.24) is 5.32 Å². The number of carbonyl (C=O) groups is 3. The lowest BCUT2D eigenvalue weighted by Gasteiger charge is -2.25. The second-order valence-electron chi connectivity index (χ2n) is 7.76. The van der Waals surface area contributed by atoms with Crippen LogP contribution in [0.15, 0.2) is 24.3 Å². The topological polar surface area (TPSA) is 142 Å². The molecule has 31 heavy (non-hydrogen) atoms. The molecule has 0 aromatic heterocycles. The van der Waals surface area contributed by atoms with Gasteiger partial charge in [0.2, 0.25) is 5.91 Å². The summed E-state index contributed by atoms with van der Waals surface area (Å²) < 4.78 is 5.69. The SMILES string of the molecule is NCCCCCCCCCC(N[C@H]1COc2ccccc2N(CC(=O)O)C1=O)C(=O)O. The van der Waals surface area contributed by atoms with Crippen LogP contribution < -0.4 is 20.7 Å². The summed E-state index contributed by atoms with van der Waals surface area (Å²) in [4.78, 5) is 37.2. The number of carboxylic acids is 2. The van der Waals surface area contributed by atoms with E-state index in [2.05, 4.69) is 5.32 Å². The number of amides is 1. The number of hydrogen-bond donors (Lipinski definition) is 4. The second-order valence-corrected chi connectivity index (χ2v) is 7.76. The molecule has 9 nitrogen and oxygen atoms in total. The summed E-state index contributed by atoms with van der Waals surface area (Å²) in [7, 11) is 0. The van der Waals surface area contributed by atoms with Crippen LogP contribution in [-0.2, 0) is 14.4 Å². The van der Waals surface area contributed by atoms with Gasteiger partial charge < -0.3 is 20.7 Å². The van der Waals surface area contributed by atoms with Crippen molar-refractivity contribution in [3.63, 3.8) is 0 Å². The van der Waals surface area contributed by atoms with Gasteiger partial charge in [0.15, 0.2) is 0 Å². The average molecular weight is 436 g/mol. The molecule has 2 atom stereocenters. The molecular formula is C22H33N3O6. The van der Waals surface area contributed by atoms with Gasteiger partial charge in [-0.3, -0.25) is 24.6 Å². The summed E-state index contributed by atoms with van der Waals surface area (Å²) in [5.74, 6) is -2.33. The van der Waals surface area contributed by atoms with Crippen molar-refractivity contribution >= 4 is 23.5 Å². The number of aliphatic carboxylic acids is 2. The zero-order chi connectivity index (χ0) is 22.6.